The van der Waals surface area contributed by atoms with Crippen LogP contribution in [0.15, 0.2) is 52.3 Å². The van der Waals surface area contributed by atoms with E-state index in [4.69, 9.17) is 0 Å². The van der Waals surface area contributed by atoms with Gasteiger partial charge in [0.25, 0.3) is 0 Å². The largest absolute Gasteiger partial charge is 0.339 e. The smallest absolute Gasteiger partial charge is 0.243 e. The van der Waals surface area contributed by atoms with Gasteiger partial charge in [-0.15, -0.1) is 11.8 Å². The maximum Gasteiger partial charge on any atom is 0.243 e. The van der Waals surface area contributed by atoms with Crippen LogP contribution in [0.4, 0.5) is 13.2 Å². The molecule has 0 radical (unpaired) electrons. The van der Waals surface area contributed by atoms with Gasteiger partial charge in [0.1, 0.15) is 17.5 Å². The minimum Gasteiger partial charge on any atom is -0.339 e. The minimum atomic E-state index is -3.83. The number of carbonyl (C=O) groups excluding carboxylic acids is 1. The lowest BCUT2D eigenvalue weighted by molar-refractivity contribution is -0.129. The molecule has 0 spiro atoms. The van der Waals surface area contributed by atoms with Gasteiger partial charge in [0, 0.05) is 37.1 Å². The molecule has 2 aromatic rings. The zero-order chi connectivity index (χ0) is 20.3. The third kappa shape index (κ3) is 4.68. The second kappa shape index (κ2) is 8.54. The Morgan fingerprint density at radius 1 is 0.964 bits per heavy atom. The molecule has 1 aliphatic heterocycles. The Kier molecular flexibility index (Phi) is 6.31. The molecule has 10 heteroatoms. The molecule has 1 heterocycles. The molecule has 2 aromatic carbocycles. The van der Waals surface area contributed by atoms with Gasteiger partial charge in [-0.25, -0.2) is 21.6 Å². The Morgan fingerprint density at radius 3 is 2.29 bits per heavy atom. The Labute approximate surface area is 165 Å². The number of carbonyl (C=O) groups is 1. The fourth-order valence-electron chi connectivity index (χ4n) is 2.78. The second-order valence-electron chi connectivity index (χ2n) is 6.11. The number of rotatable bonds is 5. The van der Waals surface area contributed by atoms with Crippen molar-refractivity contribution in [2.75, 3.05) is 31.9 Å². The number of benzene rings is 2. The first-order chi connectivity index (χ1) is 13.3. The molecule has 5 nitrogen and oxygen atoms in total. The summed E-state index contributed by atoms with van der Waals surface area (Å²) in [5, 5.41) is 0. The topological polar surface area (TPSA) is 57.7 Å². The monoisotopic (exact) mass is 430 g/mol. The lowest BCUT2D eigenvalue weighted by Gasteiger charge is -2.34. The highest BCUT2D eigenvalue weighted by atomic mass is 32.2. The number of hydrogen-bond donors (Lipinski definition) is 0. The summed E-state index contributed by atoms with van der Waals surface area (Å²) < 4.78 is 66.2. The Morgan fingerprint density at radius 2 is 1.64 bits per heavy atom. The molecule has 1 amide bonds. The molecule has 0 aliphatic carbocycles. The van der Waals surface area contributed by atoms with E-state index in [-0.39, 0.29) is 47.6 Å². The van der Waals surface area contributed by atoms with E-state index in [0.717, 1.165) is 36.0 Å². The summed E-state index contributed by atoms with van der Waals surface area (Å²) in [6.45, 7) is 0.528. The van der Waals surface area contributed by atoms with E-state index in [2.05, 4.69) is 0 Å². The van der Waals surface area contributed by atoms with Crippen molar-refractivity contribution in [3.63, 3.8) is 0 Å². The van der Waals surface area contributed by atoms with Crippen LogP contribution in [-0.4, -0.2) is 55.5 Å². The fourth-order valence-corrected chi connectivity index (χ4v) is 5.05. The molecule has 0 saturated carbocycles. The molecular weight excluding hydrogens is 413 g/mol. The van der Waals surface area contributed by atoms with Gasteiger partial charge in [-0.3, -0.25) is 4.79 Å². The lowest BCUT2D eigenvalue weighted by Crippen LogP contribution is -2.50. The molecule has 0 N–H and O–H groups in total. The molecule has 28 heavy (non-hydrogen) atoms. The van der Waals surface area contributed by atoms with E-state index in [1.165, 1.54) is 27.4 Å². The Balaban J connectivity index is 1.56. The van der Waals surface area contributed by atoms with Crippen molar-refractivity contribution >= 4 is 27.7 Å². The molecular formula is C18H17F3N2O3S2. The van der Waals surface area contributed by atoms with Crippen LogP contribution in [0.25, 0.3) is 0 Å². The number of thioether (sulfide) groups is 1. The van der Waals surface area contributed by atoms with E-state index in [1.807, 2.05) is 0 Å². The van der Waals surface area contributed by atoms with Crippen molar-refractivity contribution in [2.24, 2.45) is 0 Å². The van der Waals surface area contributed by atoms with Gasteiger partial charge in [0.2, 0.25) is 15.9 Å². The van der Waals surface area contributed by atoms with Crippen LogP contribution >= 0.6 is 11.8 Å². The summed E-state index contributed by atoms with van der Waals surface area (Å²) in [5.74, 6) is -2.37. The predicted octanol–water partition coefficient (Wildman–Crippen LogP) is 2.73. The van der Waals surface area contributed by atoms with Crippen molar-refractivity contribution in [3.8, 4) is 0 Å². The van der Waals surface area contributed by atoms with E-state index in [1.54, 1.807) is 0 Å². The van der Waals surface area contributed by atoms with Crippen molar-refractivity contribution in [2.45, 2.75) is 9.79 Å². The third-order valence-electron chi connectivity index (χ3n) is 4.27. The SMILES string of the molecule is O=C(CSc1ccc(F)cc1F)N1CCN(S(=O)(=O)c2cccc(F)c2)CC1. The highest BCUT2D eigenvalue weighted by Gasteiger charge is 2.30. The molecule has 1 fully saturated rings. The molecule has 0 bridgehead atoms. The number of halogens is 3. The van der Waals surface area contributed by atoms with E-state index < -0.39 is 27.5 Å². The summed E-state index contributed by atoms with van der Waals surface area (Å²) in [6, 6.07) is 7.91. The van der Waals surface area contributed by atoms with Crippen LogP contribution in [0, 0.1) is 17.5 Å². The summed E-state index contributed by atoms with van der Waals surface area (Å²) in [5.41, 5.74) is 0. The summed E-state index contributed by atoms with van der Waals surface area (Å²) in [6.07, 6.45) is 0. The lowest BCUT2D eigenvalue weighted by atomic mass is 10.3. The molecule has 3 rings (SSSR count). The molecule has 0 aromatic heterocycles. The van der Waals surface area contributed by atoms with E-state index in [0.29, 0.717) is 0 Å². The maximum absolute atomic E-state index is 13.6. The number of nitrogens with zero attached hydrogens (tertiary/aromatic N) is 2. The molecule has 0 unspecified atom stereocenters. The van der Waals surface area contributed by atoms with Gasteiger partial charge in [0.15, 0.2) is 0 Å². The van der Waals surface area contributed by atoms with E-state index >= 15 is 0 Å². The molecule has 150 valence electrons. The number of amides is 1. The normalized spacial score (nSPS) is 15.6. The van der Waals surface area contributed by atoms with Crippen LogP contribution in [0.1, 0.15) is 0 Å². The first-order valence-electron chi connectivity index (χ1n) is 8.39. The zero-order valence-corrected chi connectivity index (χ0v) is 16.3. The molecule has 0 atom stereocenters. The molecule has 1 saturated heterocycles. The van der Waals surface area contributed by atoms with Crippen molar-refractivity contribution in [1.29, 1.82) is 0 Å². The second-order valence-corrected chi connectivity index (χ2v) is 9.06. The van der Waals surface area contributed by atoms with Crippen LogP contribution in [0.2, 0.25) is 0 Å². The van der Waals surface area contributed by atoms with E-state index in [9.17, 15) is 26.4 Å². The van der Waals surface area contributed by atoms with Gasteiger partial charge in [-0.05, 0) is 30.3 Å². The summed E-state index contributed by atoms with van der Waals surface area (Å²) >= 11 is 0.956. The van der Waals surface area contributed by atoms with Gasteiger partial charge < -0.3 is 4.90 Å². The van der Waals surface area contributed by atoms with Gasteiger partial charge in [0.05, 0.1) is 10.6 Å². The van der Waals surface area contributed by atoms with Gasteiger partial charge in [-0.1, -0.05) is 6.07 Å². The maximum atomic E-state index is 13.6. The van der Waals surface area contributed by atoms with Crippen LogP contribution < -0.4 is 0 Å². The summed E-state index contributed by atoms with van der Waals surface area (Å²) in [7, 11) is -3.83. The zero-order valence-electron chi connectivity index (χ0n) is 14.6. The van der Waals surface area contributed by atoms with Gasteiger partial charge >= 0.3 is 0 Å². The number of sulfonamides is 1. The molecule has 1 aliphatic rings. The van der Waals surface area contributed by atoms with Crippen molar-refractivity contribution < 1.29 is 26.4 Å². The highest BCUT2D eigenvalue weighted by Crippen LogP contribution is 2.23. The average molecular weight is 430 g/mol. The quantitative estimate of drug-likeness (QED) is 0.685. The van der Waals surface area contributed by atoms with Crippen LogP contribution in [0.3, 0.4) is 0 Å². The third-order valence-corrected chi connectivity index (χ3v) is 7.20. The van der Waals surface area contributed by atoms with Crippen LogP contribution in [0.5, 0.6) is 0 Å². The Hall–Kier alpha value is -2.04. The number of piperazine rings is 1. The average Bonchev–Trinajstić information content (AvgIpc) is 2.67. The van der Waals surface area contributed by atoms with Crippen LogP contribution in [-0.2, 0) is 14.8 Å². The Bertz CT molecular complexity index is 978. The minimum absolute atomic E-state index is 0.0425. The van der Waals surface area contributed by atoms with Crippen molar-refractivity contribution in [3.05, 3.63) is 59.9 Å². The van der Waals surface area contributed by atoms with Gasteiger partial charge in [-0.2, -0.15) is 4.31 Å². The first kappa shape index (κ1) is 20.7. The van der Waals surface area contributed by atoms with Crippen molar-refractivity contribution in [1.82, 2.24) is 9.21 Å². The highest BCUT2D eigenvalue weighted by molar-refractivity contribution is 8.00. The summed E-state index contributed by atoms with van der Waals surface area (Å²) in [4.78, 5) is 13.8. The first-order valence-corrected chi connectivity index (χ1v) is 10.8. The standard InChI is InChI=1S/C18H17F3N2O3S2/c19-13-2-1-3-15(10-13)28(25,26)23-8-6-22(7-9-23)18(24)12-27-17-5-4-14(20)11-16(17)21/h1-5,10-11H,6-9,12H2. The fraction of sp³-hybridized carbons (Fsp3) is 0.278. The number of hydrogen-bond acceptors (Lipinski definition) is 4. The predicted molar refractivity (Wildman–Crippen MR) is 98.8 cm³/mol.